The van der Waals surface area contributed by atoms with Gasteiger partial charge in [-0.2, -0.15) is 0 Å². The zero-order valence-corrected chi connectivity index (χ0v) is 15.1. The van der Waals surface area contributed by atoms with E-state index in [1.165, 1.54) is 0 Å². The van der Waals surface area contributed by atoms with Gasteiger partial charge in [0, 0.05) is 43.2 Å². The number of amides is 1. The lowest BCUT2D eigenvalue weighted by Gasteiger charge is -2.37. The molecule has 0 spiro atoms. The average molecular weight is 366 g/mol. The minimum absolute atomic E-state index is 0.0204. The molecule has 1 aromatic rings. The number of hydrogen-bond acceptors (Lipinski definition) is 4. The molecular formula is C19H24ClNO4. The summed E-state index contributed by atoms with van der Waals surface area (Å²) in [7, 11) is 0. The fourth-order valence-corrected chi connectivity index (χ4v) is 3.36. The van der Waals surface area contributed by atoms with Crippen molar-refractivity contribution in [3.8, 4) is 0 Å². The summed E-state index contributed by atoms with van der Waals surface area (Å²) in [5.41, 5.74) is 1.07. The van der Waals surface area contributed by atoms with Crippen LogP contribution < -0.4 is 0 Å². The molecule has 1 fully saturated rings. The second kappa shape index (κ2) is 8.21. The summed E-state index contributed by atoms with van der Waals surface area (Å²) in [4.78, 5) is 14.2. The molecule has 1 N–H and O–H groups in total. The number of ether oxygens (including phenoxy) is 2. The Morgan fingerprint density at radius 3 is 2.68 bits per heavy atom. The lowest BCUT2D eigenvalue weighted by Crippen LogP contribution is -2.37. The van der Waals surface area contributed by atoms with Crippen LogP contribution in [0.3, 0.4) is 0 Å². The number of carbonyl (C=O) groups is 1. The minimum atomic E-state index is -0.499. The topological polar surface area (TPSA) is 58.8 Å². The number of benzene rings is 1. The number of carbonyl (C=O) groups excluding carboxylic acids is 1. The van der Waals surface area contributed by atoms with Gasteiger partial charge in [-0.25, -0.2) is 0 Å². The van der Waals surface area contributed by atoms with E-state index < -0.39 is 6.29 Å². The number of hydrogen-bond donors (Lipinski definition) is 1. The second-order valence-corrected chi connectivity index (χ2v) is 6.81. The zero-order valence-electron chi connectivity index (χ0n) is 14.4. The molecule has 0 saturated carbocycles. The number of nitrogens with zero attached hydrogens (tertiary/aromatic N) is 1. The Hall–Kier alpha value is -1.56. The molecule has 25 heavy (non-hydrogen) atoms. The van der Waals surface area contributed by atoms with E-state index in [1.807, 2.05) is 37.3 Å². The van der Waals surface area contributed by atoms with Crippen LogP contribution in [0, 0.1) is 5.92 Å². The van der Waals surface area contributed by atoms with Crippen molar-refractivity contribution in [3.63, 3.8) is 0 Å². The predicted molar refractivity (Wildman–Crippen MR) is 95.2 cm³/mol. The molecule has 0 bridgehead atoms. The van der Waals surface area contributed by atoms with E-state index in [2.05, 4.69) is 0 Å². The Morgan fingerprint density at radius 1 is 1.36 bits per heavy atom. The number of aliphatic hydroxyl groups excluding tert-OH is 1. The summed E-state index contributed by atoms with van der Waals surface area (Å²) in [6.07, 6.45) is 2.81. The highest BCUT2D eigenvalue weighted by atomic mass is 35.5. The van der Waals surface area contributed by atoms with E-state index >= 15 is 0 Å². The normalized spacial score (nSPS) is 25.3. The quantitative estimate of drug-likeness (QED) is 0.755. The summed E-state index contributed by atoms with van der Waals surface area (Å²) in [6.45, 7) is 4.08. The molecule has 2 heterocycles. The van der Waals surface area contributed by atoms with Gasteiger partial charge in [-0.1, -0.05) is 23.7 Å². The van der Waals surface area contributed by atoms with Crippen molar-refractivity contribution in [1.82, 2.24) is 4.90 Å². The van der Waals surface area contributed by atoms with Crippen molar-refractivity contribution >= 4 is 17.5 Å². The maximum atomic E-state index is 12.5. The minimum Gasteiger partial charge on any atom is -0.459 e. The molecule has 3 rings (SSSR count). The Balaban J connectivity index is 1.93. The molecule has 1 aromatic carbocycles. The Labute approximate surface area is 153 Å². The summed E-state index contributed by atoms with van der Waals surface area (Å²) in [5, 5.41) is 9.93. The van der Waals surface area contributed by atoms with Crippen molar-refractivity contribution < 1.29 is 19.4 Å². The van der Waals surface area contributed by atoms with Crippen LogP contribution in [-0.2, 0) is 14.3 Å². The highest BCUT2D eigenvalue weighted by Gasteiger charge is 2.40. The van der Waals surface area contributed by atoms with Crippen molar-refractivity contribution in [2.75, 3.05) is 26.3 Å². The third-order valence-corrected chi connectivity index (χ3v) is 4.86. The zero-order chi connectivity index (χ0) is 17.8. The molecule has 1 amide bonds. The van der Waals surface area contributed by atoms with Gasteiger partial charge in [0.1, 0.15) is 0 Å². The maximum absolute atomic E-state index is 12.5. The van der Waals surface area contributed by atoms with Crippen molar-refractivity contribution in [2.45, 2.75) is 32.0 Å². The van der Waals surface area contributed by atoms with Gasteiger partial charge in [0.2, 0.25) is 6.29 Å². The Kier molecular flexibility index (Phi) is 5.99. The molecule has 136 valence electrons. The largest absolute Gasteiger partial charge is 0.459 e. The second-order valence-electron chi connectivity index (χ2n) is 6.37. The van der Waals surface area contributed by atoms with Crippen LogP contribution >= 0.6 is 11.6 Å². The van der Waals surface area contributed by atoms with Gasteiger partial charge in [0.15, 0.2) is 5.76 Å². The molecule has 0 unspecified atom stereocenters. The molecular weight excluding hydrogens is 342 g/mol. The lowest BCUT2D eigenvalue weighted by molar-refractivity contribution is -0.168. The van der Waals surface area contributed by atoms with Crippen LogP contribution in [0.2, 0.25) is 5.02 Å². The molecule has 5 nitrogen and oxygen atoms in total. The van der Waals surface area contributed by atoms with Gasteiger partial charge in [-0.05, 0) is 43.5 Å². The van der Waals surface area contributed by atoms with Crippen molar-refractivity contribution in [1.29, 1.82) is 0 Å². The molecule has 0 aromatic heterocycles. The number of allylic oxidation sites excluding steroid dienone is 1. The van der Waals surface area contributed by atoms with E-state index in [9.17, 15) is 9.90 Å². The van der Waals surface area contributed by atoms with E-state index in [4.69, 9.17) is 21.1 Å². The Bertz CT molecular complexity index is 627. The van der Waals surface area contributed by atoms with Gasteiger partial charge in [-0.15, -0.1) is 0 Å². The van der Waals surface area contributed by atoms with Crippen molar-refractivity contribution in [3.05, 3.63) is 46.7 Å². The third-order valence-electron chi connectivity index (χ3n) is 4.61. The molecule has 3 atom stereocenters. The molecule has 0 aliphatic carbocycles. The lowest BCUT2D eigenvalue weighted by atomic mass is 9.80. The fourth-order valence-electron chi connectivity index (χ4n) is 3.23. The Morgan fingerprint density at radius 2 is 2.08 bits per heavy atom. The molecule has 6 heteroatoms. The first-order valence-corrected chi connectivity index (χ1v) is 9.17. The van der Waals surface area contributed by atoms with Gasteiger partial charge in [0.05, 0.1) is 0 Å². The van der Waals surface area contributed by atoms with Crippen LogP contribution in [0.4, 0.5) is 0 Å². The SMILES string of the molecule is CCO[C@@H]1OC(C(=O)N2CC2)=C[C@H](c2ccc(Cl)cc2)[C@@H]1CCCO. The maximum Gasteiger partial charge on any atom is 0.288 e. The first kappa shape index (κ1) is 18.2. The van der Waals surface area contributed by atoms with Crippen LogP contribution in [0.15, 0.2) is 36.1 Å². The first-order valence-electron chi connectivity index (χ1n) is 8.79. The highest BCUT2D eigenvalue weighted by molar-refractivity contribution is 6.30. The fraction of sp³-hybridized carbons (Fsp3) is 0.526. The van der Waals surface area contributed by atoms with Crippen LogP contribution in [0.5, 0.6) is 0 Å². The summed E-state index contributed by atoms with van der Waals surface area (Å²) >= 11 is 6.02. The standard InChI is InChI=1S/C19H24ClNO4/c1-2-24-19-15(4-3-11-22)16(13-5-7-14(20)8-6-13)12-17(25-19)18(23)21-9-10-21/h5-8,12,15-16,19,22H,2-4,9-11H2,1H3/t15-,16+,19+/m0/s1. The number of rotatable bonds is 7. The van der Waals surface area contributed by atoms with Crippen LogP contribution in [0.1, 0.15) is 31.2 Å². The van der Waals surface area contributed by atoms with E-state index in [0.29, 0.717) is 23.8 Å². The van der Waals surface area contributed by atoms with Crippen LogP contribution in [-0.4, -0.2) is 48.5 Å². The van der Waals surface area contributed by atoms with E-state index in [0.717, 1.165) is 25.1 Å². The van der Waals surface area contributed by atoms with Crippen molar-refractivity contribution in [2.24, 2.45) is 5.92 Å². The van der Waals surface area contributed by atoms with E-state index in [-0.39, 0.29) is 24.3 Å². The molecule has 0 radical (unpaired) electrons. The summed E-state index contributed by atoms with van der Waals surface area (Å²) in [5.74, 6) is 0.285. The van der Waals surface area contributed by atoms with E-state index in [1.54, 1.807) is 4.90 Å². The number of aliphatic hydroxyl groups is 1. The monoisotopic (exact) mass is 365 g/mol. The highest BCUT2D eigenvalue weighted by Crippen LogP contribution is 2.40. The van der Waals surface area contributed by atoms with Gasteiger partial charge >= 0.3 is 0 Å². The smallest absolute Gasteiger partial charge is 0.288 e. The summed E-state index contributed by atoms with van der Waals surface area (Å²) < 4.78 is 11.7. The van der Waals surface area contributed by atoms with Gasteiger partial charge < -0.3 is 19.5 Å². The number of halogens is 1. The van der Waals surface area contributed by atoms with Crippen LogP contribution in [0.25, 0.3) is 0 Å². The molecule has 2 aliphatic rings. The molecule has 2 aliphatic heterocycles. The van der Waals surface area contributed by atoms with Gasteiger partial charge in [-0.3, -0.25) is 4.79 Å². The van der Waals surface area contributed by atoms with Gasteiger partial charge in [0.25, 0.3) is 5.91 Å². The average Bonchev–Trinajstić information content (AvgIpc) is 3.45. The first-order chi connectivity index (χ1) is 12.1. The predicted octanol–water partition coefficient (Wildman–Crippen LogP) is 2.93. The molecule has 1 saturated heterocycles. The third kappa shape index (κ3) is 4.35. The summed E-state index contributed by atoms with van der Waals surface area (Å²) in [6, 6.07) is 7.66.